The van der Waals surface area contributed by atoms with Crippen LogP contribution in [0, 0.1) is 0 Å². The smallest absolute Gasteiger partial charge is 0.256 e. The lowest BCUT2D eigenvalue weighted by Crippen LogP contribution is -2.44. The highest BCUT2D eigenvalue weighted by Crippen LogP contribution is 2.33. The molecule has 1 N–H and O–H groups in total. The normalized spacial score (nSPS) is 17.6. The molecule has 2 aliphatic rings. The molecule has 7 nitrogen and oxygen atoms in total. The number of amides is 3. The molecule has 2 atom stereocenters. The largest absolute Gasteiger partial charge is 0.497 e. The van der Waals surface area contributed by atoms with E-state index in [1.807, 2.05) is 67.6 Å². The van der Waals surface area contributed by atoms with E-state index in [2.05, 4.69) is 5.32 Å². The fourth-order valence-corrected chi connectivity index (χ4v) is 5.27. The van der Waals surface area contributed by atoms with Gasteiger partial charge in [-0.15, -0.1) is 0 Å². The number of benzene rings is 3. The standard InChI is InChI=1S/C30H31N3O4/c1-3-25(21-13-15-23(37-2)16-14-21)31-28(34)22-9-6-8-20(18-22)19-33-26-11-5-4-10-24(26)29(35)32-17-7-12-27(32)30(33)36/h4-6,8-11,13-16,18,25,27H,3,7,12,17,19H2,1-2H3,(H,31,34). The molecule has 0 spiro atoms. The number of hydrogen-bond acceptors (Lipinski definition) is 4. The third kappa shape index (κ3) is 4.81. The molecule has 1 fully saturated rings. The molecular formula is C30H31N3O4. The van der Waals surface area contributed by atoms with Crippen molar-refractivity contribution in [2.45, 2.75) is 44.8 Å². The van der Waals surface area contributed by atoms with E-state index >= 15 is 0 Å². The topological polar surface area (TPSA) is 79.0 Å². The summed E-state index contributed by atoms with van der Waals surface area (Å²) < 4.78 is 5.24. The van der Waals surface area contributed by atoms with E-state index in [4.69, 9.17) is 4.74 Å². The molecule has 2 heterocycles. The molecule has 37 heavy (non-hydrogen) atoms. The number of anilines is 1. The van der Waals surface area contributed by atoms with Gasteiger partial charge in [-0.3, -0.25) is 14.4 Å². The Morgan fingerprint density at radius 2 is 1.84 bits per heavy atom. The van der Waals surface area contributed by atoms with Gasteiger partial charge in [0.05, 0.1) is 30.9 Å². The Bertz CT molecular complexity index is 1320. The summed E-state index contributed by atoms with van der Waals surface area (Å²) >= 11 is 0. The van der Waals surface area contributed by atoms with Crippen LogP contribution in [-0.2, 0) is 11.3 Å². The maximum absolute atomic E-state index is 13.6. The third-order valence-electron chi connectivity index (χ3n) is 7.25. The minimum atomic E-state index is -0.443. The van der Waals surface area contributed by atoms with Gasteiger partial charge < -0.3 is 19.9 Å². The van der Waals surface area contributed by atoms with Crippen molar-refractivity contribution in [3.8, 4) is 5.75 Å². The monoisotopic (exact) mass is 497 g/mol. The van der Waals surface area contributed by atoms with Crippen molar-refractivity contribution < 1.29 is 19.1 Å². The maximum Gasteiger partial charge on any atom is 0.256 e. The van der Waals surface area contributed by atoms with Crippen LogP contribution in [0.3, 0.4) is 0 Å². The number of ether oxygens (including phenoxy) is 1. The molecule has 3 aromatic carbocycles. The second-order valence-electron chi connectivity index (χ2n) is 9.51. The lowest BCUT2D eigenvalue weighted by atomic mass is 10.0. The number of rotatable bonds is 7. The maximum atomic E-state index is 13.6. The van der Waals surface area contributed by atoms with Crippen molar-refractivity contribution in [3.05, 3.63) is 95.1 Å². The highest BCUT2D eigenvalue weighted by molar-refractivity contribution is 6.11. The molecule has 0 radical (unpaired) electrons. The molecular weight excluding hydrogens is 466 g/mol. The minimum Gasteiger partial charge on any atom is -0.497 e. The molecule has 5 rings (SSSR count). The van der Waals surface area contributed by atoms with Crippen molar-refractivity contribution >= 4 is 23.4 Å². The van der Waals surface area contributed by atoms with Gasteiger partial charge in [0.1, 0.15) is 11.8 Å². The van der Waals surface area contributed by atoms with Gasteiger partial charge in [0.15, 0.2) is 0 Å². The summed E-state index contributed by atoms with van der Waals surface area (Å²) in [5.41, 5.74) is 3.52. The molecule has 0 bridgehead atoms. The number of nitrogens with one attached hydrogen (secondary N) is 1. The van der Waals surface area contributed by atoms with Crippen LogP contribution in [0.15, 0.2) is 72.8 Å². The highest BCUT2D eigenvalue weighted by atomic mass is 16.5. The molecule has 3 amide bonds. The van der Waals surface area contributed by atoms with Crippen molar-refractivity contribution in [2.75, 3.05) is 18.6 Å². The number of nitrogens with zero attached hydrogens (tertiary/aromatic N) is 2. The third-order valence-corrected chi connectivity index (χ3v) is 7.25. The molecule has 0 saturated carbocycles. The van der Waals surface area contributed by atoms with E-state index < -0.39 is 6.04 Å². The van der Waals surface area contributed by atoms with Gasteiger partial charge in [0, 0.05) is 12.1 Å². The average molecular weight is 498 g/mol. The number of fused-ring (bicyclic) bond motifs is 2. The lowest BCUT2D eigenvalue weighted by molar-refractivity contribution is -0.122. The van der Waals surface area contributed by atoms with Crippen LogP contribution in [0.1, 0.15) is 64.1 Å². The van der Waals surface area contributed by atoms with Gasteiger partial charge in [0.25, 0.3) is 11.8 Å². The van der Waals surface area contributed by atoms with Crippen molar-refractivity contribution in [1.82, 2.24) is 10.2 Å². The van der Waals surface area contributed by atoms with Crippen LogP contribution in [-0.4, -0.2) is 42.3 Å². The molecule has 2 unspecified atom stereocenters. The predicted octanol–water partition coefficient (Wildman–Crippen LogP) is 4.73. The summed E-state index contributed by atoms with van der Waals surface area (Å²) in [4.78, 5) is 43.4. The fourth-order valence-electron chi connectivity index (χ4n) is 5.27. The van der Waals surface area contributed by atoms with Crippen LogP contribution < -0.4 is 15.0 Å². The highest BCUT2D eigenvalue weighted by Gasteiger charge is 2.41. The Balaban J connectivity index is 1.38. The Morgan fingerprint density at radius 1 is 1.05 bits per heavy atom. The van der Waals surface area contributed by atoms with Crippen LogP contribution >= 0.6 is 0 Å². The average Bonchev–Trinajstić information content (AvgIpc) is 3.41. The summed E-state index contributed by atoms with van der Waals surface area (Å²) in [6, 6.07) is 21.7. The SMILES string of the molecule is CCC(NC(=O)c1cccc(CN2C(=O)C3CCCN3C(=O)c3ccccc32)c1)c1ccc(OC)cc1. The summed E-state index contributed by atoms with van der Waals surface area (Å²) in [6.45, 7) is 2.91. The first-order chi connectivity index (χ1) is 18.0. The zero-order chi connectivity index (χ0) is 25.9. The van der Waals surface area contributed by atoms with E-state index in [1.165, 1.54) is 0 Å². The van der Waals surface area contributed by atoms with Gasteiger partial charge in [-0.1, -0.05) is 43.3 Å². The van der Waals surface area contributed by atoms with E-state index in [0.717, 1.165) is 29.7 Å². The summed E-state index contributed by atoms with van der Waals surface area (Å²) in [6.07, 6.45) is 2.23. The van der Waals surface area contributed by atoms with Gasteiger partial charge in [0.2, 0.25) is 5.91 Å². The Labute approximate surface area is 217 Å². The summed E-state index contributed by atoms with van der Waals surface area (Å²) in [5.74, 6) is 0.427. The van der Waals surface area contributed by atoms with E-state index in [9.17, 15) is 14.4 Å². The number of carbonyl (C=O) groups is 3. The number of methoxy groups -OCH3 is 1. The zero-order valence-corrected chi connectivity index (χ0v) is 21.1. The van der Waals surface area contributed by atoms with E-state index in [1.54, 1.807) is 29.0 Å². The molecule has 1 saturated heterocycles. The van der Waals surface area contributed by atoms with E-state index in [-0.39, 0.29) is 30.3 Å². The number of carbonyl (C=O) groups excluding carboxylic acids is 3. The first-order valence-electron chi connectivity index (χ1n) is 12.7. The minimum absolute atomic E-state index is 0.0730. The lowest BCUT2D eigenvalue weighted by Gasteiger charge is -2.26. The fraction of sp³-hybridized carbons (Fsp3) is 0.300. The Morgan fingerprint density at radius 3 is 2.59 bits per heavy atom. The van der Waals surface area contributed by atoms with Crippen LogP contribution in [0.2, 0.25) is 0 Å². The van der Waals surface area contributed by atoms with Gasteiger partial charge >= 0.3 is 0 Å². The van der Waals surface area contributed by atoms with Crippen molar-refractivity contribution in [1.29, 1.82) is 0 Å². The Kier molecular flexibility index (Phi) is 6.95. The molecule has 7 heteroatoms. The van der Waals surface area contributed by atoms with Crippen LogP contribution in [0.25, 0.3) is 0 Å². The van der Waals surface area contributed by atoms with Gasteiger partial charge in [-0.05, 0) is 66.8 Å². The summed E-state index contributed by atoms with van der Waals surface area (Å²) in [5, 5.41) is 3.13. The molecule has 190 valence electrons. The number of para-hydroxylation sites is 1. The van der Waals surface area contributed by atoms with Gasteiger partial charge in [-0.2, -0.15) is 0 Å². The second-order valence-corrected chi connectivity index (χ2v) is 9.51. The summed E-state index contributed by atoms with van der Waals surface area (Å²) in [7, 11) is 1.63. The number of hydrogen-bond donors (Lipinski definition) is 1. The van der Waals surface area contributed by atoms with E-state index in [0.29, 0.717) is 29.8 Å². The van der Waals surface area contributed by atoms with Crippen molar-refractivity contribution in [2.24, 2.45) is 0 Å². The Hall–Kier alpha value is -4.13. The molecule has 2 aliphatic heterocycles. The molecule has 0 aromatic heterocycles. The predicted molar refractivity (Wildman–Crippen MR) is 142 cm³/mol. The first kappa shape index (κ1) is 24.6. The zero-order valence-electron chi connectivity index (χ0n) is 21.1. The van der Waals surface area contributed by atoms with Crippen molar-refractivity contribution in [3.63, 3.8) is 0 Å². The van der Waals surface area contributed by atoms with Crippen LogP contribution in [0.4, 0.5) is 5.69 Å². The molecule has 3 aromatic rings. The first-order valence-corrected chi connectivity index (χ1v) is 12.7. The molecule has 0 aliphatic carbocycles. The van der Waals surface area contributed by atoms with Gasteiger partial charge in [-0.25, -0.2) is 0 Å². The van der Waals surface area contributed by atoms with Crippen LogP contribution in [0.5, 0.6) is 5.75 Å². The quantitative estimate of drug-likeness (QED) is 0.512. The second kappa shape index (κ2) is 10.5.